The molecule has 2 nitrogen and oxygen atoms in total. The number of nitrogens with zero attached hydrogens (tertiary/aromatic N) is 1. The molecule has 0 radical (unpaired) electrons. The number of rotatable bonds is 5. The van der Waals surface area contributed by atoms with Crippen LogP contribution in [0.1, 0.15) is 41.1 Å². The van der Waals surface area contributed by atoms with Gasteiger partial charge in [-0.15, -0.1) is 0 Å². The molecule has 0 unspecified atom stereocenters. The Balaban J connectivity index is 2.00. The molecule has 2 aromatic heterocycles. The maximum absolute atomic E-state index is 12.7. The summed E-state index contributed by atoms with van der Waals surface area (Å²) in [6.07, 6.45) is 5.56. The highest BCUT2D eigenvalue weighted by Crippen LogP contribution is 2.24. The van der Waals surface area contributed by atoms with Crippen LogP contribution in [0, 0.1) is 0 Å². The quantitative estimate of drug-likeness (QED) is 0.600. The van der Waals surface area contributed by atoms with E-state index in [1.165, 1.54) is 18.4 Å². The molecular formula is C18H18NOP. The van der Waals surface area contributed by atoms with Crippen LogP contribution in [0.2, 0.25) is 0 Å². The molecule has 0 amide bonds. The number of aromatic nitrogens is 1. The van der Waals surface area contributed by atoms with Crippen LogP contribution in [-0.4, -0.2) is 10.2 Å². The number of aryl methyl sites for hydroxylation is 1. The molecule has 1 aromatic carbocycles. The van der Waals surface area contributed by atoms with Crippen LogP contribution >= 0.6 is 8.19 Å². The number of pyridine rings is 1. The van der Waals surface area contributed by atoms with E-state index in [-0.39, 0.29) is 5.78 Å². The first-order valence-electron chi connectivity index (χ1n) is 7.35. The van der Waals surface area contributed by atoms with Crippen LogP contribution in [0.5, 0.6) is 0 Å². The van der Waals surface area contributed by atoms with Crippen molar-refractivity contribution in [2.45, 2.75) is 26.2 Å². The molecule has 0 N–H and O–H groups in total. The van der Waals surface area contributed by atoms with Gasteiger partial charge in [-0.3, -0.25) is 4.79 Å². The van der Waals surface area contributed by atoms with Crippen LogP contribution in [0.3, 0.4) is 0 Å². The van der Waals surface area contributed by atoms with Gasteiger partial charge in [0.25, 0.3) is 0 Å². The Morgan fingerprint density at radius 3 is 2.71 bits per heavy atom. The van der Waals surface area contributed by atoms with Gasteiger partial charge in [-0.2, -0.15) is 0 Å². The number of unbranched alkanes of at least 4 members (excludes halogenated alkanes) is 1. The van der Waals surface area contributed by atoms with Crippen molar-refractivity contribution in [1.29, 1.82) is 0 Å². The fourth-order valence-corrected chi connectivity index (χ4v) is 3.46. The highest BCUT2D eigenvalue weighted by Gasteiger charge is 2.13. The van der Waals surface area contributed by atoms with Crippen LogP contribution in [-0.2, 0) is 6.42 Å². The standard InChI is InChI=1S/C18H18NOP/c1-2-3-7-14-10-11-16-13-21-18(19(16)12-14)17(20)15-8-5-4-6-9-15/h4-6,8-13H,2-3,7H2,1H3. The van der Waals surface area contributed by atoms with Crippen molar-refractivity contribution in [3.8, 4) is 0 Å². The largest absolute Gasteiger partial charge is 0.309 e. The van der Waals surface area contributed by atoms with Gasteiger partial charge in [0.05, 0.1) is 5.52 Å². The molecule has 21 heavy (non-hydrogen) atoms. The Kier molecular flexibility index (Phi) is 4.17. The van der Waals surface area contributed by atoms with Gasteiger partial charge in [0, 0.05) is 11.8 Å². The highest BCUT2D eigenvalue weighted by molar-refractivity contribution is 7.32. The minimum absolute atomic E-state index is 0.116. The van der Waals surface area contributed by atoms with Gasteiger partial charge in [-0.1, -0.05) is 49.7 Å². The smallest absolute Gasteiger partial charge is 0.214 e. The zero-order valence-corrected chi connectivity index (χ0v) is 13.0. The lowest BCUT2D eigenvalue weighted by Gasteiger charge is -2.05. The Labute approximate surface area is 126 Å². The summed E-state index contributed by atoms with van der Waals surface area (Å²) in [6, 6.07) is 13.8. The van der Waals surface area contributed by atoms with Crippen molar-refractivity contribution in [2.24, 2.45) is 0 Å². The van der Waals surface area contributed by atoms with E-state index in [9.17, 15) is 4.79 Å². The molecule has 3 rings (SSSR count). The third-order valence-corrected chi connectivity index (χ3v) is 4.70. The van der Waals surface area contributed by atoms with Gasteiger partial charge >= 0.3 is 0 Å². The number of benzene rings is 1. The number of fused-ring (bicyclic) bond motifs is 1. The second-order valence-corrected chi connectivity index (χ2v) is 6.15. The fraction of sp³-hybridized carbons (Fsp3) is 0.222. The Bertz CT molecular complexity index is 761. The molecule has 2 heterocycles. The molecule has 3 heteroatoms. The Hall–Kier alpha value is -1.92. The van der Waals surface area contributed by atoms with Crippen molar-refractivity contribution < 1.29 is 4.79 Å². The van der Waals surface area contributed by atoms with E-state index < -0.39 is 0 Å². The zero-order valence-electron chi connectivity index (χ0n) is 12.1. The molecule has 106 valence electrons. The first kappa shape index (κ1) is 14.0. The van der Waals surface area contributed by atoms with E-state index in [0.717, 1.165) is 31.1 Å². The number of hydrogen-bond donors (Lipinski definition) is 0. The molecule has 0 saturated heterocycles. The number of carbonyl (C=O) groups excluding carboxylic acids is 1. The Morgan fingerprint density at radius 2 is 1.95 bits per heavy atom. The molecule has 0 aliphatic heterocycles. The molecule has 0 aliphatic carbocycles. The first-order valence-corrected chi connectivity index (χ1v) is 8.31. The third-order valence-electron chi connectivity index (χ3n) is 3.65. The summed E-state index contributed by atoms with van der Waals surface area (Å²) in [5.74, 6) is 2.21. The molecule has 0 fully saturated rings. The van der Waals surface area contributed by atoms with Crippen molar-refractivity contribution in [3.05, 3.63) is 71.0 Å². The summed E-state index contributed by atoms with van der Waals surface area (Å²) in [5.41, 5.74) is 3.99. The zero-order chi connectivity index (χ0) is 14.7. The summed E-state index contributed by atoms with van der Waals surface area (Å²) in [6.45, 7) is 2.20. The monoisotopic (exact) mass is 295 g/mol. The lowest BCUT2D eigenvalue weighted by molar-refractivity contribution is 0.103. The molecule has 3 aromatic rings. The average Bonchev–Trinajstić information content (AvgIpc) is 2.96. The van der Waals surface area contributed by atoms with Gasteiger partial charge in [0.1, 0.15) is 5.43 Å². The summed E-state index contributed by atoms with van der Waals surface area (Å²) in [7, 11) is 0.979. The number of hydrogen-bond acceptors (Lipinski definition) is 1. The van der Waals surface area contributed by atoms with Gasteiger partial charge in [0.15, 0.2) is 0 Å². The van der Waals surface area contributed by atoms with Crippen LogP contribution in [0.4, 0.5) is 0 Å². The molecule has 0 bridgehead atoms. The lowest BCUT2D eigenvalue weighted by atomic mass is 10.1. The van der Waals surface area contributed by atoms with Crippen molar-refractivity contribution >= 4 is 19.5 Å². The Morgan fingerprint density at radius 1 is 1.14 bits per heavy atom. The van der Waals surface area contributed by atoms with Crippen molar-refractivity contribution in [1.82, 2.24) is 4.40 Å². The fourth-order valence-electron chi connectivity index (χ4n) is 2.45. The molecule has 0 atom stereocenters. The van der Waals surface area contributed by atoms with E-state index >= 15 is 0 Å². The van der Waals surface area contributed by atoms with E-state index in [2.05, 4.69) is 35.5 Å². The number of carbonyl (C=O) groups is 1. The second kappa shape index (κ2) is 6.24. The average molecular weight is 295 g/mol. The molecule has 0 spiro atoms. The second-order valence-electron chi connectivity index (χ2n) is 5.21. The van der Waals surface area contributed by atoms with Gasteiger partial charge in [-0.05, 0) is 38.5 Å². The summed E-state index contributed by atoms with van der Waals surface area (Å²) in [4.78, 5) is 12.7. The summed E-state index contributed by atoms with van der Waals surface area (Å²) >= 11 is 0. The molecule has 0 aliphatic rings. The topological polar surface area (TPSA) is 21.5 Å². The SMILES string of the molecule is CCCCc1ccc2cpc(C(=O)c3ccccc3)n2c1. The lowest BCUT2D eigenvalue weighted by Crippen LogP contribution is -2.04. The van der Waals surface area contributed by atoms with Crippen LogP contribution in [0.15, 0.2) is 54.5 Å². The van der Waals surface area contributed by atoms with E-state index in [1.807, 2.05) is 30.3 Å². The highest BCUT2D eigenvalue weighted by atomic mass is 31.0. The van der Waals surface area contributed by atoms with Crippen molar-refractivity contribution in [3.63, 3.8) is 0 Å². The maximum atomic E-state index is 12.7. The van der Waals surface area contributed by atoms with E-state index in [1.54, 1.807) is 0 Å². The number of ketones is 1. The minimum atomic E-state index is 0.116. The first-order chi connectivity index (χ1) is 10.3. The third kappa shape index (κ3) is 2.91. The van der Waals surface area contributed by atoms with Gasteiger partial charge in [0.2, 0.25) is 5.78 Å². The van der Waals surface area contributed by atoms with Crippen LogP contribution < -0.4 is 0 Å². The van der Waals surface area contributed by atoms with Gasteiger partial charge < -0.3 is 4.40 Å². The normalized spacial score (nSPS) is 11.3. The van der Waals surface area contributed by atoms with Crippen molar-refractivity contribution in [2.75, 3.05) is 0 Å². The molecular weight excluding hydrogens is 277 g/mol. The predicted octanol–water partition coefficient (Wildman–Crippen LogP) is 5.09. The van der Waals surface area contributed by atoms with Gasteiger partial charge in [-0.25, -0.2) is 0 Å². The summed E-state index contributed by atoms with van der Waals surface area (Å²) < 4.78 is 2.06. The predicted molar refractivity (Wildman–Crippen MR) is 88.4 cm³/mol. The van der Waals surface area contributed by atoms with E-state index in [4.69, 9.17) is 0 Å². The molecule has 0 saturated carbocycles. The summed E-state index contributed by atoms with van der Waals surface area (Å²) in [5, 5.41) is 0. The van der Waals surface area contributed by atoms with Crippen LogP contribution in [0.25, 0.3) is 5.52 Å². The minimum Gasteiger partial charge on any atom is -0.309 e. The van der Waals surface area contributed by atoms with E-state index in [0.29, 0.717) is 0 Å². The maximum Gasteiger partial charge on any atom is 0.214 e.